The molecule has 11 heavy (non-hydrogen) atoms. The molecule has 0 fully saturated rings. The zero-order chi connectivity index (χ0) is 6.97. The molecule has 4 nitrogen and oxygen atoms in total. The van der Waals surface area contributed by atoms with Crippen molar-refractivity contribution in [3.05, 3.63) is 18.2 Å². The first-order valence-corrected chi connectivity index (χ1v) is 2.86. The number of aromatic nitrogens is 3. The van der Waals surface area contributed by atoms with Crippen LogP contribution in [-0.2, 0) is 22.4 Å². The molecule has 1 aromatic carbocycles. The van der Waals surface area contributed by atoms with Gasteiger partial charge in [-0.05, 0) is 12.1 Å². The van der Waals surface area contributed by atoms with Gasteiger partial charge in [-0.15, -0.1) is 5.10 Å². The van der Waals surface area contributed by atoms with Gasteiger partial charge >= 0.3 is 0 Å². The van der Waals surface area contributed by atoms with E-state index in [1.807, 2.05) is 0 Å². The summed E-state index contributed by atoms with van der Waals surface area (Å²) < 4.78 is 0. The van der Waals surface area contributed by atoms with E-state index in [1.54, 1.807) is 18.2 Å². The van der Waals surface area contributed by atoms with Crippen LogP contribution < -0.4 is 0 Å². The molecule has 1 heterocycles. The molecule has 1 aromatic heterocycles. The Kier molecular flexibility index (Phi) is 2.28. The second-order valence-electron chi connectivity index (χ2n) is 1.99. The van der Waals surface area contributed by atoms with Gasteiger partial charge in [0, 0.05) is 22.4 Å². The van der Waals surface area contributed by atoms with Crippen molar-refractivity contribution >= 4 is 11.0 Å². The van der Waals surface area contributed by atoms with Crippen molar-refractivity contribution in [1.29, 1.82) is 0 Å². The number of H-pyrrole nitrogens is 1. The first kappa shape index (κ1) is 8.26. The molecule has 0 bridgehead atoms. The van der Waals surface area contributed by atoms with Gasteiger partial charge in [0.05, 0.1) is 5.52 Å². The SMILES string of the molecule is Oc1cccc2[nH]nnc12.[Ag]. The average Bonchev–Trinajstić information content (AvgIpc) is 2.36. The zero-order valence-electron chi connectivity index (χ0n) is 5.38. The van der Waals surface area contributed by atoms with Crippen molar-refractivity contribution in [3.63, 3.8) is 0 Å². The van der Waals surface area contributed by atoms with E-state index in [1.165, 1.54) is 0 Å². The van der Waals surface area contributed by atoms with Crippen LogP contribution in [0.5, 0.6) is 5.75 Å². The fourth-order valence-electron chi connectivity index (χ4n) is 0.856. The molecule has 2 N–H and O–H groups in total. The quantitative estimate of drug-likeness (QED) is 0.668. The van der Waals surface area contributed by atoms with Gasteiger partial charge in [0.2, 0.25) is 0 Å². The molecule has 0 amide bonds. The van der Waals surface area contributed by atoms with E-state index in [4.69, 9.17) is 5.11 Å². The number of aromatic amines is 1. The first-order chi connectivity index (χ1) is 4.88. The van der Waals surface area contributed by atoms with Gasteiger partial charge in [0.25, 0.3) is 0 Å². The normalized spacial score (nSPS) is 9.45. The fraction of sp³-hybridized carbons (Fsp3) is 0. The minimum atomic E-state index is 0. The predicted molar refractivity (Wildman–Crippen MR) is 35.6 cm³/mol. The number of hydrogen-bond acceptors (Lipinski definition) is 3. The van der Waals surface area contributed by atoms with E-state index >= 15 is 0 Å². The maximum absolute atomic E-state index is 9.14. The molecule has 0 unspecified atom stereocenters. The van der Waals surface area contributed by atoms with Crippen molar-refractivity contribution in [2.75, 3.05) is 0 Å². The zero-order valence-corrected chi connectivity index (χ0v) is 6.86. The Hall–Kier alpha value is -0.840. The van der Waals surface area contributed by atoms with Crippen LogP contribution in [0, 0.1) is 0 Å². The van der Waals surface area contributed by atoms with Crippen molar-refractivity contribution in [2.24, 2.45) is 0 Å². The standard InChI is InChI=1S/C6H5N3O.Ag/c10-5-3-1-2-4-6(5)8-9-7-4;/h1-3,10H,(H,7,8,9);. The van der Waals surface area contributed by atoms with E-state index in [2.05, 4.69) is 15.4 Å². The number of hydrogen-bond donors (Lipinski definition) is 2. The third-order valence-corrected chi connectivity index (χ3v) is 1.34. The molecule has 0 spiro atoms. The van der Waals surface area contributed by atoms with Crippen LogP contribution in [0.4, 0.5) is 0 Å². The molecule has 61 valence electrons. The first-order valence-electron chi connectivity index (χ1n) is 2.86. The summed E-state index contributed by atoms with van der Waals surface area (Å²) >= 11 is 0. The van der Waals surface area contributed by atoms with Crippen LogP contribution in [0.15, 0.2) is 18.2 Å². The predicted octanol–water partition coefficient (Wildman–Crippen LogP) is 0.661. The second kappa shape index (κ2) is 3.04. The van der Waals surface area contributed by atoms with Gasteiger partial charge in [-0.2, -0.15) is 0 Å². The van der Waals surface area contributed by atoms with Crippen LogP contribution in [-0.4, -0.2) is 20.5 Å². The molecule has 0 saturated carbocycles. The van der Waals surface area contributed by atoms with Gasteiger partial charge in [-0.1, -0.05) is 11.3 Å². The van der Waals surface area contributed by atoms with Gasteiger partial charge < -0.3 is 5.11 Å². The number of rotatable bonds is 0. The smallest absolute Gasteiger partial charge is 0.154 e. The van der Waals surface area contributed by atoms with Crippen molar-refractivity contribution in [1.82, 2.24) is 15.4 Å². The van der Waals surface area contributed by atoms with E-state index in [9.17, 15) is 0 Å². The number of nitrogens with zero attached hydrogens (tertiary/aromatic N) is 2. The van der Waals surface area contributed by atoms with Crippen LogP contribution in [0.3, 0.4) is 0 Å². The van der Waals surface area contributed by atoms with Crippen LogP contribution in [0.2, 0.25) is 0 Å². The Balaban J connectivity index is 0.000000605. The number of nitrogens with one attached hydrogen (secondary N) is 1. The molecule has 2 aromatic rings. The van der Waals surface area contributed by atoms with Gasteiger partial charge in [-0.25, -0.2) is 0 Å². The maximum Gasteiger partial charge on any atom is 0.154 e. The molecule has 1 radical (unpaired) electrons. The summed E-state index contributed by atoms with van der Waals surface area (Å²) in [4.78, 5) is 0. The Morgan fingerprint density at radius 2 is 2.18 bits per heavy atom. The third-order valence-electron chi connectivity index (χ3n) is 1.34. The summed E-state index contributed by atoms with van der Waals surface area (Å²) in [6.07, 6.45) is 0. The van der Waals surface area contributed by atoms with E-state index in [-0.39, 0.29) is 28.1 Å². The van der Waals surface area contributed by atoms with Gasteiger partial charge in [0.1, 0.15) is 5.75 Å². The number of aromatic hydroxyl groups is 1. The monoisotopic (exact) mass is 242 g/mol. The summed E-state index contributed by atoms with van der Waals surface area (Å²) in [5, 5.41) is 19.0. The fourth-order valence-corrected chi connectivity index (χ4v) is 0.856. The van der Waals surface area contributed by atoms with Crippen molar-refractivity contribution in [3.8, 4) is 5.75 Å². The molecule has 0 atom stereocenters. The minimum Gasteiger partial charge on any atom is -0.506 e. The summed E-state index contributed by atoms with van der Waals surface area (Å²) in [5.41, 5.74) is 1.27. The topological polar surface area (TPSA) is 61.8 Å². The molecule has 5 heteroatoms. The van der Waals surface area contributed by atoms with E-state index < -0.39 is 0 Å². The molecule has 0 aliphatic heterocycles. The summed E-state index contributed by atoms with van der Waals surface area (Å²) in [6.45, 7) is 0. The summed E-state index contributed by atoms with van der Waals surface area (Å²) in [6, 6.07) is 5.11. The number of fused-ring (bicyclic) bond motifs is 1. The average molecular weight is 243 g/mol. The van der Waals surface area contributed by atoms with Gasteiger partial charge in [-0.3, -0.25) is 5.10 Å². The molecule has 2 rings (SSSR count). The molecule has 0 aliphatic rings. The maximum atomic E-state index is 9.14. The molecule has 0 aliphatic carbocycles. The number of phenols is 1. The van der Waals surface area contributed by atoms with Crippen molar-refractivity contribution < 1.29 is 27.5 Å². The molecule has 0 saturated heterocycles. The summed E-state index contributed by atoms with van der Waals surface area (Å²) in [5.74, 6) is 0.159. The molecular formula is C6H5AgN3O. The van der Waals surface area contributed by atoms with E-state index in [0.717, 1.165) is 5.52 Å². The Bertz CT molecular complexity index is 359. The second-order valence-corrected chi connectivity index (χ2v) is 1.99. The minimum absolute atomic E-state index is 0. The summed E-state index contributed by atoms with van der Waals surface area (Å²) in [7, 11) is 0. The Labute approximate surface area is 78.1 Å². The van der Waals surface area contributed by atoms with Gasteiger partial charge in [0.15, 0.2) is 5.52 Å². The number of phenolic OH excluding ortho intramolecular Hbond substituents is 1. The molecular weight excluding hydrogens is 238 g/mol. The number of benzene rings is 1. The largest absolute Gasteiger partial charge is 0.506 e. The van der Waals surface area contributed by atoms with Crippen LogP contribution >= 0.6 is 0 Å². The third kappa shape index (κ3) is 1.28. The van der Waals surface area contributed by atoms with Crippen LogP contribution in [0.25, 0.3) is 11.0 Å². The van der Waals surface area contributed by atoms with Crippen LogP contribution in [0.1, 0.15) is 0 Å². The van der Waals surface area contributed by atoms with E-state index in [0.29, 0.717) is 5.52 Å². The van der Waals surface area contributed by atoms with Crippen molar-refractivity contribution in [2.45, 2.75) is 0 Å². The Morgan fingerprint density at radius 1 is 1.36 bits per heavy atom. The Morgan fingerprint density at radius 3 is 2.91 bits per heavy atom.